The molecule has 0 saturated heterocycles. The number of para-hydroxylation sites is 1. The molecule has 4 nitrogen and oxygen atoms in total. The Morgan fingerprint density at radius 1 is 1.42 bits per heavy atom. The fourth-order valence-electron chi connectivity index (χ4n) is 2.35. The second-order valence-corrected chi connectivity index (χ2v) is 5.10. The van der Waals surface area contributed by atoms with Crippen LogP contribution in [-0.4, -0.2) is 17.0 Å². The molecular weight excluding hydrogens is 249 g/mol. The second kappa shape index (κ2) is 4.99. The average Bonchev–Trinajstić information content (AvgIpc) is 2.28. The third kappa shape index (κ3) is 2.59. The number of halogens is 1. The van der Waals surface area contributed by atoms with E-state index in [2.05, 4.69) is 5.32 Å². The van der Waals surface area contributed by atoms with Crippen molar-refractivity contribution in [3.63, 3.8) is 0 Å². The standard InChI is InChI=1S/C14H16FNO3/c1-9-4-2-5-10(15)12(9)16-11(17)8-14(13(18)19)6-3-7-14/h2,4-5H,3,6-8H2,1H3,(H,16,17)(H,18,19). The van der Waals surface area contributed by atoms with E-state index in [4.69, 9.17) is 5.11 Å². The maximum atomic E-state index is 13.6. The lowest BCUT2D eigenvalue weighted by atomic mass is 9.66. The summed E-state index contributed by atoms with van der Waals surface area (Å²) in [4.78, 5) is 23.1. The van der Waals surface area contributed by atoms with Crippen molar-refractivity contribution in [2.75, 3.05) is 5.32 Å². The number of nitrogens with one attached hydrogen (secondary N) is 1. The quantitative estimate of drug-likeness (QED) is 0.879. The van der Waals surface area contributed by atoms with Gasteiger partial charge in [-0.3, -0.25) is 9.59 Å². The molecule has 1 fully saturated rings. The van der Waals surface area contributed by atoms with Gasteiger partial charge in [0.2, 0.25) is 5.91 Å². The number of aryl methyl sites for hydroxylation is 1. The molecule has 102 valence electrons. The number of aliphatic carboxylic acids is 1. The van der Waals surface area contributed by atoms with E-state index in [1.807, 2.05) is 0 Å². The summed E-state index contributed by atoms with van der Waals surface area (Å²) in [7, 11) is 0. The second-order valence-electron chi connectivity index (χ2n) is 5.10. The lowest BCUT2D eigenvalue weighted by molar-refractivity contribution is -0.157. The summed E-state index contributed by atoms with van der Waals surface area (Å²) in [5, 5.41) is 11.6. The van der Waals surface area contributed by atoms with E-state index in [1.165, 1.54) is 6.07 Å². The minimum absolute atomic E-state index is 0.101. The molecule has 0 atom stereocenters. The van der Waals surface area contributed by atoms with Gasteiger partial charge in [-0.25, -0.2) is 4.39 Å². The summed E-state index contributed by atoms with van der Waals surface area (Å²) in [5.74, 6) is -1.90. The van der Waals surface area contributed by atoms with Crippen LogP contribution >= 0.6 is 0 Å². The highest BCUT2D eigenvalue weighted by atomic mass is 19.1. The Hall–Kier alpha value is -1.91. The van der Waals surface area contributed by atoms with E-state index in [0.29, 0.717) is 18.4 Å². The molecule has 1 aromatic carbocycles. The SMILES string of the molecule is Cc1cccc(F)c1NC(=O)CC1(C(=O)O)CCC1. The van der Waals surface area contributed by atoms with Gasteiger partial charge in [0.05, 0.1) is 11.1 Å². The van der Waals surface area contributed by atoms with Crippen molar-refractivity contribution >= 4 is 17.6 Å². The summed E-state index contributed by atoms with van der Waals surface area (Å²) in [6, 6.07) is 4.51. The highest BCUT2D eigenvalue weighted by Crippen LogP contribution is 2.44. The van der Waals surface area contributed by atoms with E-state index in [9.17, 15) is 14.0 Å². The minimum atomic E-state index is -0.955. The van der Waals surface area contributed by atoms with Crippen LogP contribution in [0.4, 0.5) is 10.1 Å². The van der Waals surface area contributed by atoms with Gasteiger partial charge in [0.15, 0.2) is 0 Å². The first-order chi connectivity index (χ1) is 8.94. The van der Waals surface area contributed by atoms with Crippen LogP contribution in [0, 0.1) is 18.2 Å². The number of carboxylic acids is 1. The van der Waals surface area contributed by atoms with E-state index in [1.54, 1.807) is 19.1 Å². The lowest BCUT2D eigenvalue weighted by Crippen LogP contribution is -2.41. The minimum Gasteiger partial charge on any atom is -0.481 e. The van der Waals surface area contributed by atoms with Crippen LogP contribution in [0.3, 0.4) is 0 Å². The molecule has 1 aliphatic rings. The fraction of sp³-hybridized carbons (Fsp3) is 0.429. The Bertz CT molecular complexity index is 503. The molecule has 19 heavy (non-hydrogen) atoms. The highest BCUT2D eigenvalue weighted by molar-refractivity contribution is 5.95. The number of carbonyl (C=O) groups is 2. The Kier molecular flexibility index (Phi) is 3.55. The molecule has 1 aromatic rings. The Labute approximate surface area is 110 Å². The van der Waals surface area contributed by atoms with Crippen LogP contribution < -0.4 is 5.32 Å². The normalized spacial score (nSPS) is 16.5. The monoisotopic (exact) mass is 265 g/mol. The number of anilines is 1. The van der Waals surface area contributed by atoms with Crippen LogP contribution in [0.2, 0.25) is 0 Å². The molecule has 0 bridgehead atoms. The van der Waals surface area contributed by atoms with Crippen molar-refractivity contribution in [1.82, 2.24) is 0 Å². The summed E-state index contributed by atoms with van der Waals surface area (Å²) >= 11 is 0. The summed E-state index contributed by atoms with van der Waals surface area (Å²) in [6.07, 6.45) is 1.73. The topological polar surface area (TPSA) is 66.4 Å². The molecule has 1 aliphatic carbocycles. The van der Waals surface area contributed by atoms with E-state index in [0.717, 1.165) is 6.42 Å². The lowest BCUT2D eigenvalue weighted by Gasteiger charge is -2.36. The largest absolute Gasteiger partial charge is 0.481 e. The van der Waals surface area contributed by atoms with Gasteiger partial charge in [0.1, 0.15) is 5.82 Å². The molecular formula is C14H16FNO3. The molecule has 2 N–H and O–H groups in total. The zero-order valence-corrected chi connectivity index (χ0v) is 10.7. The number of hydrogen-bond donors (Lipinski definition) is 2. The van der Waals surface area contributed by atoms with Crippen LogP contribution in [-0.2, 0) is 9.59 Å². The first-order valence-corrected chi connectivity index (χ1v) is 6.23. The Morgan fingerprint density at radius 3 is 2.58 bits per heavy atom. The number of rotatable bonds is 4. The maximum Gasteiger partial charge on any atom is 0.310 e. The number of benzene rings is 1. The molecule has 1 amide bonds. The van der Waals surface area contributed by atoms with Gasteiger partial charge < -0.3 is 10.4 Å². The fourth-order valence-corrected chi connectivity index (χ4v) is 2.35. The van der Waals surface area contributed by atoms with Gasteiger partial charge in [-0.2, -0.15) is 0 Å². The first-order valence-electron chi connectivity index (χ1n) is 6.23. The van der Waals surface area contributed by atoms with Crippen LogP contribution in [0.15, 0.2) is 18.2 Å². The van der Waals surface area contributed by atoms with Crippen molar-refractivity contribution in [2.45, 2.75) is 32.6 Å². The van der Waals surface area contributed by atoms with Crippen molar-refractivity contribution in [3.05, 3.63) is 29.6 Å². The van der Waals surface area contributed by atoms with E-state index in [-0.39, 0.29) is 12.1 Å². The van der Waals surface area contributed by atoms with Gasteiger partial charge in [-0.05, 0) is 31.4 Å². The van der Waals surface area contributed by atoms with Crippen molar-refractivity contribution < 1.29 is 19.1 Å². The van der Waals surface area contributed by atoms with Gasteiger partial charge in [0, 0.05) is 6.42 Å². The van der Waals surface area contributed by atoms with E-state index < -0.39 is 23.1 Å². The molecule has 0 spiro atoms. The third-order valence-electron chi connectivity index (χ3n) is 3.75. The number of hydrogen-bond acceptors (Lipinski definition) is 2. The molecule has 0 unspecified atom stereocenters. The number of amides is 1. The van der Waals surface area contributed by atoms with Gasteiger partial charge in [-0.1, -0.05) is 18.6 Å². The van der Waals surface area contributed by atoms with Crippen molar-refractivity contribution in [3.8, 4) is 0 Å². The molecule has 1 saturated carbocycles. The van der Waals surface area contributed by atoms with Gasteiger partial charge >= 0.3 is 5.97 Å². The summed E-state index contributed by atoms with van der Waals surface area (Å²) < 4.78 is 13.6. The maximum absolute atomic E-state index is 13.6. The van der Waals surface area contributed by atoms with Crippen LogP contribution in [0.5, 0.6) is 0 Å². The molecule has 2 rings (SSSR count). The van der Waals surface area contributed by atoms with Gasteiger partial charge in [-0.15, -0.1) is 0 Å². The van der Waals surface area contributed by atoms with Crippen molar-refractivity contribution in [2.24, 2.45) is 5.41 Å². The smallest absolute Gasteiger partial charge is 0.310 e. The Balaban J connectivity index is 2.08. The highest BCUT2D eigenvalue weighted by Gasteiger charge is 2.45. The van der Waals surface area contributed by atoms with Crippen LogP contribution in [0.1, 0.15) is 31.2 Å². The average molecular weight is 265 g/mol. The Morgan fingerprint density at radius 2 is 2.11 bits per heavy atom. The molecule has 0 radical (unpaired) electrons. The number of carbonyl (C=O) groups excluding carboxylic acids is 1. The van der Waals surface area contributed by atoms with Crippen molar-refractivity contribution in [1.29, 1.82) is 0 Å². The summed E-state index contributed by atoms with van der Waals surface area (Å²) in [5.41, 5.74) is -0.206. The first kappa shape index (κ1) is 13.5. The van der Waals surface area contributed by atoms with E-state index >= 15 is 0 Å². The third-order valence-corrected chi connectivity index (χ3v) is 3.75. The molecule has 0 aromatic heterocycles. The zero-order valence-electron chi connectivity index (χ0n) is 10.7. The zero-order chi connectivity index (χ0) is 14.0. The molecule has 0 aliphatic heterocycles. The predicted molar refractivity (Wildman–Crippen MR) is 68.3 cm³/mol. The van der Waals surface area contributed by atoms with Crippen LogP contribution in [0.25, 0.3) is 0 Å². The van der Waals surface area contributed by atoms with Gasteiger partial charge in [0.25, 0.3) is 0 Å². The predicted octanol–water partition coefficient (Wildman–Crippen LogP) is 2.72. The summed E-state index contributed by atoms with van der Waals surface area (Å²) in [6.45, 7) is 1.69. The molecule has 5 heteroatoms. The number of carboxylic acid groups (broad SMARTS) is 1. The molecule has 0 heterocycles.